The van der Waals surface area contributed by atoms with Crippen LogP contribution in [0.5, 0.6) is 0 Å². The van der Waals surface area contributed by atoms with Crippen molar-refractivity contribution in [1.29, 1.82) is 0 Å². The lowest BCUT2D eigenvalue weighted by Gasteiger charge is -2.01. The zero-order valence-corrected chi connectivity index (χ0v) is 6.26. The van der Waals surface area contributed by atoms with Gasteiger partial charge in [0.2, 0.25) is 0 Å². The summed E-state index contributed by atoms with van der Waals surface area (Å²) in [6, 6.07) is 2.18. The SMILES string of the molecule is CC(C)n1ccc(Cl)n1. The predicted molar refractivity (Wildman–Crippen MR) is 37.6 cm³/mol. The van der Waals surface area contributed by atoms with Crippen LogP contribution in [0.1, 0.15) is 19.9 Å². The molecule has 0 radical (unpaired) electrons. The third-order valence-electron chi connectivity index (χ3n) is 1.10. The summed E-state index contributed by atoms with van der Waals surface area (Å²) in [6.07, 6.45) is 1.87. The van der Waals surface area contributed by atoms with Crippen LogP contribution in [0, 0.1) is 0 Å². The molecule has 0 bridgehead atoms. The van der Waals surface area contributed by atoms with Gasteiger partial charge in [-0.3, -0.25) is 4.68 Å². The fourth-order valence-electron chi connectivity index (χ4n) is 0.602. The molecule has 0 aliphatic carbocycles. The van der Waals surface area contributed by atoms with Crippen LogP contribution in [0.4, 0.5) is 0 Å². The lowest BCUT2D eigenvalue weighted by molar-refractivity contribution is 0.533. The molecule has 0 aliphatic rings. The van der Waals surface area contributed by atoms with Gasteiger partial charge in [-0.1, -0.05) is 11.6 Å². The molecule has 0 aromatic carbocycles. The highest BCUT2D eigenvalue weighted by Gasteiger charge is 1.97. The molecule has 0 aliphatic heterocycles. The highest BCUT2D eigenvalue weighted by molar-refractivity contribution is 6.29. The minimum absolute atomic E-state index is 0.400. The summed E-state index contributed by atoms with van der Waals surface area (Å²) in [7, 11) is 0. The second-order valence-electron chi connectivity index (χ2n) is 2.21. The molecule has 0 spiro atoms. The number of rotatable bonds is 1. The first-order chi connectivity index (χ1) is 4.20. The van der Waals surface area contributed by atoms with Crippen LogP contribution in [0.3, 0.4) is 0 Å². The standard InChI is InChI=1S/C6H9ClN2/c1-5(2)9-4-3-6(7)8-9/h3-5H,1-2H3. The van der Waals surface area contributed by atoms with Crippen molar-refractivity contribution in [1.82, 2.24) is 9.78 Å². The molecule has 1 heterocycles. The van der Waals surface area contributed by atoms with Gasteiger partial charge in [-0.25, -0.2) is 0 Å². The van der Waals surface area contributed by atoms with Gasteiger partial charge in [0.25, 0.3) is 0 Å². The summed E-state index contributed by atoms with van der Waals surface area (Å²) in [4.78, 5) is 0. The molecule has 0 atom stereocenters. The average Bonchev–Trinajstić information content (AvgIpc) is 2.14. The maximum atomic E-state index is 5.57. The van der Waals surface area contributed by atoms with Crippen LogP contribution in [0.2, 0.25) is 5.15 Å². The summed E-state index contributed by atoms with van der Waals surface area (Å²) >= 11 is 5.57. The summed E-state index contributed by atoms with van der Waals surface area (Å²) in [6.45, 7) is 4.12. The van der Waals surface area contributed by atoms with Gasteiger partial charge < -0.3 is 0 Å². The monoisotopic (exact) mass is 144 g/mol. The minimum atomic E-state index is 0.400. The van der Waals surface area contributed by atoms with Crippen LogP contribution in [-0.2, 0) is 0 Å². The highest BCUT2D eigenvalue weighted by Crippen LogP contribution is 2.07. The number of nitrogens with zero attached hydrogens (tertiary/aromatic N) is 2. The maximum Gasteiger partial charge on any atom is 0.151 e. The van der Waals surface area contributed by atoms with E-state index in [0.29, 0.717) is 11.2 Å². The zero-order valence-electron chi connectivity index (χ0n) is 5.50. The minimum Gasteiger partial charge on any atom is -0.269 e. The Morgan fingerprint density at radius 1 is 1.67 bits per heavy atom. The average molecular weight is 145 g/mol. The molecular weight excluding hydrogens is 136 g/mol. The highest BCUT2D eigenvalue weighted by atomic mass is 35.5. The molecule has 2 nitrogen and oxygen atoms in total. The van der Waals surface area contributed by atoms with Gasteiger partial charge in [0, 0.05) is 12.2 Å². The van der Waals surface area contributed by atoms with Crippen molar-refractivity contribution in [2.75, 3.05) is 0 Å². The number of halogens is 1. The van der Waals surface area contributed by atoms with Gasteiger partial charge in [0.15, 0.2) is 5.15 Å². The van der Waals surface area contributed by atoms with E-state index in [4.69, 9.17) is 11.6 Å². The van der Waals surface area contributed by atoms with E-state index in [9.17, 15) is 0 Å². The van der Waals surface area contributed by atoms with E-state index in [0.717, 1.165) is 0 Å². The molecule has 9 heavy (non-hydrogen) atoms. The van der Waals surface area contributed by atoms with E-state index >= 15 is 0 Å². The predicted octanol–water partition coefficient (Wildman–Crippen LogP) is 2.12. The maximum absolute atomic E-state index is 5.57. The molecule has 0 N–H and O–H groups in total. The van der Waals surface area contributed by atoms with Gasteiger partial charge in [-0.2, -0.15) is 5.10 Å². The Morgan fingerprint density at radius 2 is 2.33 bits per heavy atom. The number of aromatic nitrogens is 2. The van der Waals surface area contributed by atoms with E-state index in [1.165, 1.54) is 0 Å². The molecule has 0 saturated carbocycles. The molecule has 0 amide bonds. The quantitative estimate of drug-likeness (QED) is 0.591. The van der Waals surface area contributed by atoms with Gasteiger partial charge in [0.05, 0.1) is 0 Å². The topological polar surface area (TPSA) is 17.8 Å². The Labute approximate surface area is 59.4 Å². The Bertz CT molecular complexity index is 193. The lowest BCUT2D eigenvalue weighted by atomic mass is 10.4. The lowest BCUT2D eigenvalue weighted by Crippen LogP contribution is -1.99. The summed E-state index contributed by atoms with van der Waals surface area (Å²) in [5, 5.41) is 4.55. The van der Waals surface area contributed by atoms with Crippen LogP contribution < -0.4 is 0 Å². The first-order valence-electron chi connectivity index (χ1n) is 2.91. The molecule has 3 heteroatoms. The number of hydrogen-bond acceptors (Lipinski definition) is 1. The normalized spacial score (nSPS) is 10.7. The summed E-state index contributed by atoms with van der Waals surface area (Å²) < 4.78 is 1.82. The van der Waals surface area contributed by atoms with Crippen LogP contribution in [0.25, 0.3) is 0 Å². The van der Waals surface area contributed by atoms with E-state index < -0.39 is 0 Å². The van der Waals surface area contributed by atoms with Crippen molar-refractivity contribution in [3.05, 3.63) is 17.4 Å². The zero-order chi connectivity index (χ0) is 6.85. The number of hydrogen-bond donors (Lipinski definition) is 0. The first kappa shape index (κ1) is 6.62. The molecule has 0 saturated heterocycles. The van der Waals surface area contributed by atoms with Crippen LogP contribution >= 0.6 is 11.6 Å². The van der Waals surface area contributed by atoms with Crippen molar-refractivity contribution in [3.63, 3.8) is 0 Å². The second-order valence-corrected chi connectivity index (χ2v) is 2.60. The van der Waals surface area contributed by atoms with Gasteiger partial charge in [-0.05, 0) is 19.9 Å². The Hall–Kier alpha value is -0.500. The third kappa shape index (κ3) is 1.45. The van der Waals surface area contributed by atoms with Crippen molar-refractivity contribution in [3.8, 4) is 0 Å². The smallest absolute Gasteiger partial charge is 0.151 e. The molecule has 0 unspecified atom stereocenters. The first-order valence-corrected chi connectivity index (χ1v) is 3.28. The van der Waals surface area contributed by atoms with Gasteiger partial charge in [0.1, 0.15) is 0 Å². The molecule has 1 aromatic rings. The van der Waals surface area contributed by atoms with E-state index in [1.807, 2.05) is 10.9 Å². The van der Waals surface area contributed by atoms with Gasteiger partial charge >= 0.3 is 0 Å². The van der Waals surface area contributed by atoms with Crippen LogP contribution in [0.15, 0.2) is 12.3 Å². The Kier molecular flexibility index (Phi) is 1.76. The fourth-order valence-corrected chi connectivity index (χ4v) is 0.746. The van der Waals surface area contributed by atoms with Crippen molar-refractivity contribution < 1.29 is 0 Å². The summed E-state index contributed by atoms with van der Waals surface area (Å²) in [5.74, 6) is 0. The third-order valence-corrected chi connectivity index (χ3v) is 1.31. The molecular formula is C6H9ClN2. The fraction of sp³-hybridized carbons (Fsp3) is 0.500. The Morgan fingerprint density at radius 3 is 2.56 bits per heavy atom. The molecule has 50 valence electrons. The second kappa shape index (κ2) is 2.40. The summed E-state index contributed by atoms with van der Waals surface area (Å²) in [5.41, 5.74) is 0. The van der Waals surface area contributed by atoms with Crippen molar-refractivity contribution in [2.24, 2.45) is 0 Å². The molecule has 1 aromatic heterocycles. The van der Waals surface area contributed by atoms with E-state index in [1.54, 1.807) is 6.07 Å². The van der Waals surface area contributed by atoms with E-state index in [2.05, 4.69) is 18.9 Å². The van der Waals surface area contributed by atoms with Gasteiger partial charge in [-0.15, -0.1) is 0 Å². The van der Waals surface area contributed by atoms with Crippen LogP contribution in [-0.4, -0.2) is 9.78 Å². The molecule has 0 fully saturated rings. The largest absolute Gasteiger partial charge is 0.269 e. The Balaban J connectivity index is 2.85. The van der Waals surface area contributed by atoms with Crippen molar-refractivity contribution >= 4 is 11.6 Å². The van der Waals surface area contributed by atoms with E-state index in [-0.39, 0.29) is 0 Å². The molecule has 1 rings (SSSR count). The van der Waals surface area contributed by atoms with Crippen molar-refractivity contribution in [2.45, 2.75) is 19.9 Å².